The van der Waals surface area contributed by atoms with E-state index in [1.165, 1.54) is 6.92 Å². The molecule has 92 valence electrons. The second-order valence-electron chi connectivity index (χ2n) is 4.05. The molecule has 0 radical (unpaired) electrons. The zero-order chi connectivity index (χ0) is 12.5. The van der Waals surface area contributed by atoms with Gasteiger partial charge in [0.05, 0.1) is 0 Å². The van der Waals surface area contributed by atoms with Gasteiger partial charge in [0.25, 0.3) is 0 Å². The largest absolute Gasteiger partial charge is 0.402 e. The average molecular weight is 236 g/mol. The Morgan fingerprint density at radius 1 is 0.933 bits per heavy atom. The maximum atomic E-state index is 12.4. The van der Waals surface area contributed by atoms with Crippen LogP contribution in [0.15, 0.2) is 0 Å². The second kappa shape index (κ2) is 4.22. The third-order valence-electron chi connectivity index (χ3n) is 2.70. The predicted molar refractivity (Wildman–Crippen MR) is 44.3 cm³/mol. The van der Waals surface area contributed by atoms with Gasteiger partial charge in [0, 0.05) is 0 Å². The molecule has 15 heavy (non-hydrogen) atoms. The average Bonchev–Trinajstić information content (AvgIpc) is 1.99. The highest BCUT2D eigenvalue weighted by molar-refractivity contribution is 4.90. The van der Waals surface area contributed by atoms with Crippen molar-refractivity contribution in [2.75, 3.05) is 0 Å². The Bertz CT molecular complexity index is 188. The maximum Gasteiger partial charge on any atom is 0.402 e. The number of rotatable bonds is 3. The van der Waals surface area contributed by atoms with Crippen molar-refractivity contribution in [3.63, 3.8) is 0 Å². The molecular weight excluding hydrogens is 222 g/mol. The number of halogens is 6. The second-order valence-corrected chi connectivity index (χ2v) is 4.05. The van der Waals surface area contributed by atoms with Crippen molar-refractivity contribution in [3.8, 4) is 0 Å². The van der Waals surface area contributed by atoms with Crippen LogP contribution in [0.3, 0.4) is 0 Å². The van der Waals surface area contributed by atoms with Crippen LogP contribution >= 0.6 is 0 Å². The summed E-state index contributed by atoms with van der Waals surface area (Å²) in [5, 5.41) is 0. The molecule has 0 heterocycles. The van der Waals surface area contributed by atoms with Crippen LogP contribution in [0, 0.1) is 11.3 Å². The molecule has 6 heteroatoms. The normalized spacial score (nSPS) is 16.6. The quantitative estimate of drug-likeness (QED) is 0.630. The summed E-state index contributed by atoms with van der Waals surface area (Å²) in [5.74, 6) is -0.613. The van der Waals surface area contributed by atoms with Crippen molar-refractivity contribution in [2.45, 2.75) is 46.0 Å². The summed E-state index contributed by atoms with van der Waals surface area (Å²) < 4.78 is 74.3. The van der Waals surface area contributed by atoms with Crippen molar-refractivity contribution in [3.05, 3.63) is 0 Å². The molecule has 0 aliphatic carbocycles. The van der Waals surface area contributed by atoms with E-state index < -0.39 is 30.1 Å². The molecule has 0 aliphatic rings. The lowest BCUT2D eigenvalue weighted by atomic mass is 9.79. The van der Waals surface area contributed by atoms with E-state index in [-0.39, 0.29) is 6.92 Å². The van der Waals surface area contributed by atoms with E-state index in [1.54, 1.807) is 6.92 Å². The zero-order valence-corrected chi connectivity index (χ0v) is 8.76. The molecule has 0 rings (SSSR count). The van der Waals surface area contributed by atoms with Crippen molar-refractivity contribution in [1.82, 2.24) is 0 Å². The fourth-order valence-corrected chi connectivity index (χ4v) is 1.23. The summed E-state index contributed by atoms with van der Waals surface area (Å²) in [7, 11) is 0. The van der Waals surface area contributed by atoms with Gasteiger partial charge in [0.2, 0.25) is 0 Å². The third-order valence-corrected chi connectivity index (χ3v) is 2.70. The van der Waals surface area contributed by atoms with Gasteiger partial charge in [-0.15, -0.1) is 0 Å². The van der Waals surface area contributed by atoms with Crippen LogP contribution in [-0.4, -0.2) is 12.4 Å². The number of alkyl halides is 6. The Labute approximate surface area is 84.7 Å². The van der Waals surface area contributed by atoms with Crippen LogP contribution in [0.25, 0.3) is 0 Å². The first-order valence-electron chi connectivity index (χ1n) is 4.59. The standard InChI is InChI=1S/C9H14F6/c1-4-6(2)5-7(3,8(10,11)12)9(13,14)15/h6H,4-5H2,1-3H3/t6-/m0/s1. The first-order valence-corrected chi connectivity index (χ1v) is 4.59. The first kappa shape index (κ1) is 14.6. The van der Waals surface area contributed by atoms with Gasteiger partial charge in [-0.25, -0.2) is 0 Å². The molecule has 0 nitrogen and oxygen atoms in total. The van der Waals surface area contributed by atoms with E-state index in [0.29, 0.717) is 6.42 Å². The Balaban J connectivity index is 5.06. The molecule has 0 aliphatic heterocycles. The monoisotopic (exact) mass is 236 g/mol. The summed E-state index contributed by atoms with van der Waals surface area (Å²) >= 11 is 0. The molecule has 1 atom stereocenters. The number of hydrogen-bond acceptors (Lipinski definition) is 0. The van der Waals surface area contributed by atoms with Gasteiger partial charge >= 0.3 is 12.4 Å². The van der Waals surface area contributed by atoms with E-state index in [0.717, 1.165) is 0 Å². The van der Waals surface area contributed by atoms with E-state index in [4.69, 9.17) is 0 Å². The highest BCUT2D eigenvalue weighted by Crippen LogP contribution is 2.53. The minimum absolute atomic E-state index is 0.221. The molecule has 0 spiro atoms. The molecule has 0 amide bonds. The molecule has 0 unspecified atom stereocenters. The smallest absolute Gasteiger partial charge is 0.170 e. The van der Waals surface area contributed by atoms with E-state index in [9.17, 15) is 26.3 Å². The summed E-state index contributed by atoms with van der Waals surface area (Å²) in [6.45, 7) is 3.17. The molecular formula is C9H14F6. The number of hydrogen-bond donors (Lipinski definition) is 0. The lowest BCUT2D eigenvalue weighted by Gasteiger charge is -2.35. The van der Waals surface area contributed by atoms with Gasteiger partial charge < -0.3 is 0 Å². The van der Waals surface area contributed by atoms with Crippen LogP contribution in [0.1, 0.15) is 33.6 Å². The van der Waals surface area contributed by atoms with Crippen LogP contribution in [0.4, 0.5) is 26.3 Å². The summed E-state index contributed by atoms with van der Waals surface area (Å²) in [6, 6.07) is 0. The summed E-state index contributed by atoms with van der Waals surface area (Å²) in [4.78, 5) is 0. The van der Waals surface area contributed by atoms with Gasteiger partial charge in [-0.05, 0) is 19.3 Å². The first-order chi connectivity index (χ1) is 6.45. The molecule has 0 N–H and O–H groups in total. The summed E-state index contributed by atoms with van der Waals surface area (Å²) in [6.07, 6.45) is -11.1. The van der Waals surface area contributed by atoms with Gasteiger partial charge in [-0.1, -0.05) is 20.3 Å². The Morgan fingerprint density at radius 3 is 1.47 bits per heavy atom. The SMILES string of the molecule is CC[C@H](C)CC(C)(C(F)(F)F)C(F)(F)F. The van der Waals surface area contributed by atoms with Crippen LogP contribution in [-0.2, 0) is 0 Å². The maximum absolute atomic E-state index is 12.4. The molecule has 0 saturated carbocycles. The van der Waals surface area contributed by atoms with Gasteiger partial charge in [0.15, 0.2) is 5.41 Å². The lowest BCUT2D eigenvalue weighted by molar-refractivity contribution is -0.339. The molecule has 0 fully saturated rings. The molecule has 0 aromatic rings. The highest BCUT2D eigenvalue weighted by atomic mass is 19.4. The molecule has 0 saturated heterocycles. The van der Waals surface area contributed by atoms with Crippen molar-refractivity contribution < 1.29 is 26.3 Å². The van der Waals surface area contributed by atoms with Crippen LogP contribution < -0.4 is 0 Å². The van der Waals surface area contributed by atoms with E-state index in [1.807, 2.05) is 0 Å². The predicted octanol–water partition coefficient (Wildman–Crippen LogP) is 4.55. The van der Waals surface area contributed by atoms with Gasteiger partial charge in [-0.2, -0.15) is 26.3 Å². The summed E-state index contributed by atoms with van der Waals surface area (Å²) in [5.41, 5.74) is -3.60. The van der Waals surface area contributed by atoms with Crippen molar-refractivity contribution >= 4 is 0 Å². The fraction of sp³-hybridized carbons (Fsp3) is 1.00. The minimum Gasteiger partial charge on any atom is -0.170 e. The van der Waals surface area contributed by atoms with Crippen LogP contribution in [0.5, 0.6) is 0 Å². The van der Waals surface area contributed by atoms with Gasteiger partial charge in [0.1, 0.15) is 0 Å². The Morgan fingerprint density at radius 2 is 1.27 bits per heavy atom. The minimum atomic E-state index is -5.26. The van der Waals surface area contributed by atoms with Gasteiger partial charge in [-0.3, -0.25) is 0 Å². The Kier molecular flexibility index (Phi) is 4.10. The van der Waals surface area contributed by atoms with Crippen LogP contribution in [0.2, 0.25) is 0 Å². The lowest BCUT2D eigenvalue weighted by Crippen LogP contribution is -2.48. The third kappa shape index (κ3) is 3.01. The topological polar surface area (TPSA) is 0 Å². The molecule has 0 aromatic heterocycles. The van der Waals surface area contributed by atoms with Crippen molar-refractivity contribution in [1.29, 1.82) is 0 Å². The zero-order valence-electron chi connectivity index (χ0n) is 8.76. The fourth-order valence-electron chi connectivity index (χ4n) is 1.23. The highest BCUT2D eigenvalue weighted by Gasteiger charge is 2.67. The molecule has 0 bridgehead atoms. The van der Waals surface area contributed by atoms with E-state index >= 15 is 0 Å². The Hall–Kier alpha value is -0.420. The van der Waals surface area contributed by atoms with E-state index in [2.05, 4.69) is 0 Å². The van der Waals surface area contributed by atoms with Crippen molar-refractivity contribution in [2.24, 2.45) is 11.3 Å². The molecule has 0 aromatic carbocycles.